The Kier molecular flexibility index (Phi) is 6.23. The Bertz CT molecular complexity index is 1130. The molecule has 3 aromatic rings. The van der Waals surface area contributed by atoms with Gasteiger partial charge in [0, 0.05) is 17.6 Å². The number of ether oxygens (including phenoxy) is 1. The van der Waals surface area contributed by atoms with E-state index in [9.17, 15) is 13.2 Å². The minimum absolute atomic E-state index is 0.0946. The zero-order chi connectivity index (χ0) is 21.0. The molecule has 0 aliphatic heterocycles. The molecule has 0 saturated carbocycles. The number of nitrogens with zero attached hydrogens (tertiary/aromatic N) is 3. The van der Waals surface area contributed by atoms with Crippen molar-refractivity contribution in [2.45, 2.75) is 17.0 Å². The first-order valence-electron chi connectivity index (χ1n) is 8.57. The predicted octanol–water partition coefficient (Wildman–Crippen LogP) is 2.72. The number of hydrogen-bond acceptors (Lipinski definition) is 7. The third-order valence-electron chi connectivity index (χ3n) is 4.00. The van der Waals surface area contributed by atoms with Gasteiger partial charge in [-0.25, -0.2) is 8.42 Å². The first-order chi connectivity index (χ1) is 13.8. The number of aryl methyl sites for hydroxylation is 1. The topological polar surface area (TPSA) is 103 Å². The van der Waals surface area contributed by atoms with Crippen LogP contribution in [0, 0.1) is 6.92 Å². The van der Waals surface area contributed by atoms with E-state index in [2.05, 4.69) is 15.5 Å². The standard InChI is InChI=1S/C19H20N4O4S2/c1-13-21-22-19(23(13)15-7-9-16(27-2)10-8-15)28-12-18(24)20-14-5-4-6-17(11-14)29(3,25)26/h4-11H,12H2,1-3H3,(H,20,24). The summed E-state index contributed by atoms with van der Waals surface area (Å²) in [5.74, 6) is 1.25. The first-order valence-corrected chi connectivity index (χ1v) is 11.4. The van der Waals surface area contributed by atoms with Crippen molar-refractivity contribution in [1.82, 2.24) is 14.8 Å². The van der Waals surface area contributed by atoms with Gasteiger partial charge in [0.05, 0.1) is 17.8 Å². The molecule has 1 N–H and O–H groups in total. The van der Waals surface area contributed by atoms with Gasteiger partial charge in [0.2, 0.25) is 5.91 Å². The fourth-order valence-electron chi connectivity index (χ4n) is 2.60. The second kappa shape index (κ2) is 8.66. The number of carbonyl (C=O) groups excluding carboxylic acids is 1. The molecule has 0 atom stereocenters. The third-order valence-corrected chi connectivity index (χ3v) is 6.04. The number of hydrogen-bond donors (Lipinski definition) is 1. The number of thioether (sulfide) groups is 1. The molecule has 1 aromatic heterocycles. The number of amides is 1. The van der Waals surface area contributed by atoms with Gasteiger partial charge in [-0.3, -0.25) is 9.36 Å². The molecule has 10 heteroatoms. The summed E-state index contributed by atoms with van der Waals surface area (Å²) in [6, 6.07) is 13.6. The van der Waals surface area contributed by atoms with Gasteiger partial charge < -0.3 is 10.1 Å². The Hall–Kier alpha value is -2.85. The van der Waals surface area contributed by atoms with E-state index in [0.29, 0.717) is 16.7 Å². The molecule has 2 aromatic carbocycles. The monoisotopic (exact) mass is 432 g/mol. The van der Waals surface area contributed by atoms with Crippen molar-refractivity contribution in [3.05, 3.63) is 54.4 Å². The average molecular weight is 433 g/mol. The van der Waals surface area contributed by atoms with Crippen LogP contribution < -0.4 is 10.1 Å². The molecule has 0 radical (unpaired) electrons. The van der Waals surface area contributed by atoms with Crippen LogP contribution in [0.4, 0.5) is 5.69 Å². The Labute approximate surface area is 173 Å². The Balaban J connectivity index is 1.70. The SMILES string of the molecule is COc1ccc(-n2c(C)nnc2SCC(=O)Nc2cccc(S(C)(=O)=O)c2)cc1. The largest absolute Gasteiger partial charge is 0.497 e. The summed E-state index contributed by atoms with van der Waals surface area (Å²) < 4.78 is 30.3. The molecular formula is C19H20N4O4S2. The van der Waals surface area contributed by atoms with E-state index in [-0.39, 0.29) is 16.6 Å². The molecule has 0 unspecified atom stereocenters. The zero-order valence-corrected chi connectivity index (χ0v) is 17.8. The lowest BCUT2D eigenvalue weighted by molar-refractivity contribution is -0.113. The van der Waals surface area contributed by atoms with E-state index < -0.39 is 9.84 Å². The van der Waals surface area contributed by atoms with Crippen molar-refractivity contribution in [3.63, 3.8) is 0 Å². The quantitative estimate of drug-likeness (QED) is 0.573. The molecule has 1 amide bonds. The van der Waals surface area contributed by atoms with E-state index in [4.69, 9.17) is 4.74 Å². The van der Waals surface area contributed by atoms with E-state index in [1.165, 1.54) is 23.9 Å². The van der Waals surface area contributed by atoms with E-state index >= 15 is 0 Å². The van der Waals surface area contributed by atoms with Crippen LogP contribution in [-0.4, -0.2) is 48.2 Å². The highest BCUT2D eigenvalue weighted by Crippen LogP contribution is 2.24. The van der Waals surface area contributed by atoms with E-state index in [1.54, 1.807) is 19.2 Å². The number of nitrogens with one attached hydrogen (secondary N) is 1. The van der Waals surface area contributed by atoms with Crippen LogP contribution in [0.3, 0.4) is 0 Å². The Morgan fingerprint density at radius 1 is 1.17 bits per heavy atom. The highest BCUT2D eigenvalue weighted by atomic mass is 32.2. The summed E-state index contributed by atoms with van der Waals surface area (Å²) in [5, 5.41) is 11.5. The molecule has 3 rings (SSSR count). The highest BCUT2D eigenvalue weighted by Gasteiger charge is 2.14. The van der Waals surface area contributed by atoms with Crippen LogP contribution in [0.5, 0.6) is 5.75 Å². The summed E-state index contributed by atoms with van der Waals surface area (Å²) >= 11 is 1.24. The molecule has 1 heterocycles. The zero-order valence-electron chi connectivity index (χ0n) is 16.1. The number of anilines is 1. The second-order valence-corrected chi connectivity index (χ2v) is 9.16. The highest BCUT2D eigenvalue weighted by molar-refractivity contribution is 7.99. The second-order valence-electron chi connectivity index (χ2n) is 6.20. The van der Waals surface area contributed by atoms with Gasteiger partial charge in [0.25, 0.3) is 0 Å². The molecule has 0 spiro atoms. The molecule has 0 aliphatic rings. The fourth-order valence-corrected chi connectivity index (χ4v) is 4.06. The van der Waals surface area contributed by atoms with Crippen LogP contribution in [0.15, 0.2) is 58.6 Å². The van der Waals surface area contributed by atoms with Crippen molar-refractivity contribution >= 4 is 33.2 Å². The van der Waals surface area contributed by atoms with Gasteiger partial charge in [0.1, 0.15) is 11.6 Å². The normalized spacial score (nSPS) is 11.3. The summed E-state index contributed by atoms with van der Waals surface area (Å²) in [4.78, 5) is 12.5. The molecule has 0 bridgehead atoms. The maximum Gasteiger partial charge on any atom is 0.234 e. The number of benzene rings is 2. The van der Waals surface area contributed by atoms with Crippen LogP contribution >= 0.6 is 11.8 Å². The molecule has 8 nitrogen and oxygen atoms in total. The molecular weight excluding hydrogens is 412 g/mol. The molecule has 0 saturated heterocycles. The number of sulfone groups is 1. The van der Waals surface area contributed by atoms with Crippen molar-refractivity contribution in [3.8, 4) is 11.4 Å². The lowest BCUT2D eigenvalue weighted by atomic mass is 10.3. The number of aromatic nitrogens is 3. The van der Waals surface area contributed by atoms with Gasteiger partial charge >= 0.3 is 0 Å². The van der Waals surface area contributed by atoms with E-state index in [0.717, 1.165) is 17.7 Å². The molecule has 0 aliphatic carbocycles. The van der Waals surface area contributed by atoms with Gasteiger partial charge in [-0.2, -0.15) is 0 Å². The van der Waals surface area contributed by atoms with Gasteiger partial charge in [-0.15, -0.1) is 10.2 Å². The molecule has 0 fully saturated rings. The number of carbonyl (C=O) groups is 1. The van der Waals surface area contributed by atoms with Gasteiger partial charge in [0.15, 0.2) is 15.0 Å². The maximum atomic E-state index is 12.3. The Morgan fingerprint density at radius 3 is 2.55 bits per heavy atom. The van der Waals surface area contributed by atoms with Crippen molar-refractivity contribution in [1.29, 1.82) is 0 Å². The van der Waals surface area contributed by atoms with Crippen LogP contribution in [0.1, 0.15) is 5.82 Å². The number of methoxy groups -OCH3 is 1. The predicted molar refractivity (Wildman–Crippen MR) is 112 cm³/mol. The summed E-state index contributed by atoms with van der Waals surface area (Å²) in [6.07, 6.45) is 1.12. The maximum absolute atomic E-state index is 12.3. The first kappa shape index (κ1) is 20.9. The van der Waals surface area contributed by atoms with Crippen LogP contribution in [-0.2, 0) is 14.6 Å². The lowest BCUT2D eigenvalue weighted by Crippen LogP contribution is -2.15. The fraction of sp³-hybridized carbons (Fsp3) is 0.211. The lowest BCUT2D eigenvalue weighted by Gasteiger charge is -2.10. The van der Waals surface area contributed by atoms with Crippen LogP contribution in [0.2, 0.25) is 0 Å². The summed E-state index contributed by atoms with van der Waals surface area (Å²) in [7, 11) is -1.74. The summed E-state index contributed by atoms with van der Waals surface area (Å²) in [6.45, 7) is 1.83. The minimum Gasteiger partial charge on any atom is -0.497 e. The van der Waals surface area contributed by atoms with Crippen LogP contribution in [0.25, 0.3) is 5.69 Å². The molecule has 29 heavy (non-hydrogen) atoms. The van der Waals surface area contributed by atoms with Gasteiger partial charge in [-0.1, -0.05) is 17.8 Å². The Morgan fingerprint density at radius 2 is 1.90 bits per heavy atom. The summed E-state index contributed by atoms with van der Waals surface area (Å²) in [5.41, 5.74) is 1.28. The number of rotatable bonds is 7. The van der Waals surface area contributed by atoms with Crippen molar-refractivity contribution in [2.24, 2.45) is 0 Å². The third kappa shape index (κ3) is 5.15. The van der Waals surface area contributed by atoms with E-state index in [1.807, 2.05) is 35.8 Å². The average Bonchev–Trinajstić information content (AvgIpc) is 3.06. The van der Waals surface area contributed by atoms with Crippen molar-refractivity contribution < 1.29 is 17.9 Å². The smallest absolute Gasteiger partial charge is 0.234 e. The molecule has 152 valence electrons. The minimum atomic E-state index is -3.34. The van der Waals surface area contributed by atoms with Gasteiger partial charge in [-0.05, 0) is 49.4 Å². The van der Waals surface area contributed by atoms with Crippen molar-refractivity contribution in [2.75, 3.05) is 24.4 Å².